The van der Waals surface area contributed by atoms with Crippen molar-refractivity contribution in [2.75, 3.05) is 19.6 Å². The smallest absolute Gasteiger partial charge is 0.220 e. The predicted molar refractivity (Wildman–Crippen MR) is 64.1 cm³/mol. The van der Waals surface area contributed by atoms with Gasteiger partial charge in [-0.25, -0.2) is 0 Å². The van der Waals surface area contributed by atoms with Crippen molar-refractivity contribution in [3.8, 4) is 0 Å². The summed E-state index contributed by atoms with van der Waals surface area (Å²) in [4.78, 5) is 11.5. The Morgan fingerprint density at radius 3 is 2.69 bits per heavy atom. The molecule has 2 N–H and O–H groups in total. The highest BCUT2D eigenvalue weighted by atomic mass is 16.1. The molecule has 1 saturated heterocycles. The molecule has 1 aliphatic rings. The van der Waals surface area contributed by atoms with Gasteiger partial charge < -0.3 is 10.6 Å². The minimum Gasteiger partial charge on any atom is -0.356 e. The lowest BCUT2D eigenvalue weighted by atomic mass is 9.99. The van der Waals surface area contributed by atoms with Crippen molar-refractivity contribution in [2.45, 2.75) is 12.8 Å². The van der Waals surface area contributed by atoms with Gasteiger partial charge in [0.25, 0.3) is 0 Å². The molecule has 0 unspecified atom stereocenters. The quantitative estimate of drug-likeness (QED) is 0.772. The van der Waals surface area contributed by atoms with Gasteiger partial charge in [0.1, 0.15) is 0 Å². The minimum atomic E-state index is 0.183. The summed E-state index contributed by atoms with van der Waals surface area (Å²) in [5, 5.41) is 6.13. The molecule has 3 nitrogen and oxygen atoms in total. The number of benzene rings is 1. The van der Waals surface area contributed by atoms with Crippen LogP contribution in [-0.2, 0) is 11.2 Å². The molecule has 16 heavy (non-hydrogen) atoms. The molecule has 1 amide bonds. The van der Waals surface area contributed by atoms with Crippen LogP contribution in [0.25, 0.3) is 0 Å². The van der Waals surface area contributed by atoms with E-state index in [1.807, 2.05) is 18.2 Å². The van der Waals surface area contributed by atoms with Crippen LogP contribution >= 0.6 is 0 Å². The maximum atomic E-state index is 11.5. The lowest BCUT2D eigenvalue weighted by Gasteiger charge is -2.26. The summed E-state index contributed by atoms with van der Waals surface area (Å²) in [5.74, 6) is 0.735. The Kier molecular flexibility index (Phi) is 3.94. The predicted octanol–water partition coefficient (Wildman–Crippen LogP) is 0.955. The Morgan fingerprint density at radius 1 is 1.31 bits per heavy atom. The highest BCUT2D eigenvalue weighted by molar-refractivity contribution is 5.76. The second-order valence-electron chi connectivity index (χ2n) is 4.31. The lowest BCUT2D eigenvalue weighted by Crippen LogP contribution is -2.44. The fourth-order valence-electron chi connectivity index (χ4n) is 1.82. The lowest BCUT2D eigenvalue weighted by molar-refractivity contribution is -0.122. The zero-order valence-corrected chi connectivity index (χ0v) is 9.41. The average Bonchev–Trinajstić information content (AvgIpc) is 2.25. The topological polar surface area (TPSA) is 41.1 Å². The van der Waals surface area contributed by atoms with E-state index in [0.717, 1.165) is 26.1 Å². The number of amides is 1. The fourth-order valence-corrected chi connectivity index (χ4v) is 1.82. The van der Waals surface area contributed by atoms with E-state index in [0.29, 0.717) is 12.3 Å². The zero-order valence-electron chi connectivity index (χ0n) is 9.41. The van der Waals surface area contributed by atoms with E-state index in [2.05, 4.69) is 22.8 Å². The van der Waals surface area contributed by atoms with Crippen LogP contribution in [0.4, 0.5) is 0 Å². The Balaban J connectivity index is 1.62. The van der Waals surface area contributed by atoms with Crippen molar-refractivity contribution >= 4 is 5.91 Å². The molecule has 0 spiro atoms. The van der Waals surface area contributed by atoms with Crippen LogP contribution < -0.4 is 10.6 Å². The van der Waals surface area contributed by atoms with E-state index in [4.69, 9.17) is 0 Å². The molecular formula is C13H18N2O. The molecule has 1 fully saturated rings. The first-order valence-corrected chi connectivity index (χ1v) is 5.86. The third-order valence-electron chi connectivity index (χ3n) is 2.92. The summed E-state index contributed by atoms with van der Waals surface area (Å²) in [5.41, 5.74) is 1.27. The molecule has 2 rings (SSSR count). The molecular weight excluding hydrogens is 200 g/mol. The number of hydrogen-bond donors (Lipinski definition) is 2. The fraction of sp³-hybridized carbons (Fsp3) is 0.462. The minimum absolute atomic E-state index is 0.183. The summed E-state index contributed by atoms with van der Waals surface area (Å²) in [7, 11) is 0. The normalized spacial score (nSPS) is 15.5. The van der Waals surface area contributed by atoms with Crippen LogP contribution in [0.1, 0.15) is 12.0 Å². The van der Waals surface area contributed by atoms with E-state index in [1.165, 1.54) is 5.56 Å². The van der Waals surface area contributed by atoms with Crippen LogP contribution in [0.5, 0.6) is 0 Å². The maximum absolute atomic E-state index is 11.5. The van der Waals surface area contributed by atoms with Gasteiger partial charge in [-0.3, -0.25) is 4.79 Å². The van der Waals surface area contributed by atoms with Gasteiger partial charge in [-0.05, 0) is 31.0 Å². The van der Waals surface area contributed by atoms with Gasteiger partial charge in [0.2, 0.25) is 5.91 Å². The SMILES string of the molecule is O=C(CC1CNC1)NCCc1ccccc1. The van der Waals surface area contributed by atoms with Crippen molar-refractivity contribution in [3.05, 3.63) is 35.9 Å². The van der Waals surface area contributed by atoms with Gasteiger partial charge in [0.05, 0.1) is 0 Å². The van der Waals surface area contributed by atoms with Crippen molar-refractivity contribution in [1.29, 1.82) is 0 Å². The molecule has 3 heteroatoms. The first kappa shape index (κ1) is 11.1. The summed E-state index contributed by atoms with van der Waals surface area (Å²) in [6.07, 6.45) is 1.58. The highest BCUT2D eigenvalue weighted by Gasteiger charge is 2.19. The molecule has 0 aliphatic carbocycles. The van der Waals surface area contributed by atoms with Gasteiger partial charge >= 0.3 is 0 Å². The van der Waals surface area contributed by atoms with Crippen LogP contribution in [-0.4, -0.2) is 25.5 Å². The van der Waals surface area contributed by atoms with Crippen molar-refractivity contribution in [1.82, 2.24) is 10.6 Å². The molecule has 0 atom stereocenters. The standard InChI is InChI=1S/C13H18N2O/c16-13(8-12-9-14-10-12)15-7-6-11-4-2-1-3-5-11/h1-5,12,14H,6-10H2,(H,15,16). The van der Waals surface area contributed by atoms with Gasteiger partial charge in [-0.2, -0.15) is 0 Å². The number of carbonyl (C=O) groups excluding carboxylic acids is 1. The monoisotopic (exact) mass is 218 g/mol. The highest BCUT2D eigenvalue weighted by Crippen LogP contribution is 2.07. The number of nitrogens with one attached hydrogen (secondary N) is 2. The molecule has 0 radical (unpaired) electrons. The van der Waals surface area contributed by atoms with E-state index in [-0.39, 0.29) is 5.91 Å². The van der Waals surface area contributed by atoms with Gasteiger partial charge in [0.15, 0.2) is 0 Å². The molecule has 1 heterocycles. The third kappa shape index (κ3) is 3.35. The van der Waals surface area contributed by atoms with Gasteiger partial charge in [-0.1, -0.05) is 30.3 Å². The largest absolute Gasteiger partial charge is 0.356 e. The van der Waals surface area contributed by atoms with Crippen molar-refractivity contribution in [2.24, 2.45) is 5.92 Å². The molecule has 0 bridgehead atoms. The van der Waals surface area contributed by atoms with Gasteiger partial charge in [-0.15, -0.1) is 0 Å². The molecule has 0 aromatic heterocycles. The van der Waals surface area contributed by atoms with Crippen LogP contribution in [0.3, 0.4) is 0 Å². The Bertz CT molecular complexity index is 333. The molecule has 1 aromatic carbocycles. The molecule has 1 aromatic rings. The average molecular weight is 218 g/mol. The maximum Gasteiger partial charge on any atom is 0.220 e. The second kappa shape index (κ2) is 5.66. The first-order chi connectivity index (χ1) is 7.84. The Labute approximate surface area is 96.2 Å². The molecule has 1 aliphatic heterocycles. The number of hydrogen-bond acceptors (Lipinski definition) is 2. The van der Waals surface area contributed by atoms with Crippen LogP contribution in [0.2, 0.25) is 0 Å². The van der Waals surface area contributed by atoms with E-state index in [9.17, 15) is 4.79 Å². The zero-order chi connectivity index (χ0) is 11.2. The third-order valence-corrected chi connectivity index (χ3v) is 2.92. The number of carbonyl (C=O) groups is 1. The molecule has 0 saturated carbocycles. The van der Waals surface area contributed by atoms with Crippen LogP contribution in [0, 0.1) is 5.92 Å². The van der Waals surface area contributed by atoms with Crippen molar-refractivity contribution < 1.29 is 4.79 Å². The van der Waals surface area contributed by atoms with E-state index in [1.54, 1.807) is 0 Å². The summed E-state index contributed by atoms with van der Waals surface area (Å²) in [6, 6.07) is 10.2. The number of rotatable bonds is 5. The summed E-state index contributed by atoms with van der Waals surface area (Å²) >= 11 is 0. The van der Waals surface area contributed by atoms with Crippen LogP contribution in [0.15, 0.2) is 30.3 Å². The van der Waals surface area contributed by atoms with Gasteiger partial charge in [0, 0.05) is 13.0 Å². The summed E-state index contributed by atoms with van der Waals surface area (Å²) < 4.78 is 0. The summed E-state index contributed by atoms with van der Waals surface area (Å²) in [6.45, 7) is 2.72. The second-order valence-corrected chi connectivity index (χ2v) is 4.31. The first-order valence-electron chi connectivity index (χ1n) is 5.86. The Morgan fingerprint density at radius 2 is 2.06 bits per heavy atom. The Hall–Kier alpha value is -1.35. The van der Waals surface area contributed by atoms with E-state index < -0.39 is 0 Å². The van der Waals surface area contributed by atoms with Crippen molar-refractivity contribution in [3.63, 3.8) is 0 Å². The molecule has 86 valence electrons. The van der Waals surface area contributed by atoms with E-state index >= 15 is 0 Å².